The van der Waals surface area contributed by atoms with Crippen molar-refractivity contribution in [3.8, 4) is 0 Å². The SMILES string of the molecule is CC(C)[C@@H]1CC1(CC(N)=O)CC(=O)O. The van der Waals surface area contributed by atoms with E-state index in [4.69, 9.17) is 10.8 Å². The van der Waals surface area contributed by atoms with Crippen LogP contribution in [-0.2, 0) is 9.59 Å². The minimum absolute atomic E-state index is 0.0682. The van der Waals surface area contributed by atoms with Crippen molar-refractivity contribution in [3.63, 3.8) is 0 Å². The summed E-state index contributed by atoms with van der Waals surface area (Å²) >= 11 is 0. The van der Waals surface area contributed by atoms with Gasteiger partial charge in [0.15, 0.2) is 0 Å². The van der Waals surface area contributed by atoms with Gasteiger partial charge in [-0.05, 0) is 23.7 Å². The van der Waals surface area contributed by atoms with Crippen LogP contribution < -0.4 is 5.73 Å². The van der Waals surface area contributed by atoms with E-state index < -0.39 is 11.9 Å². The second-order valence-electron chi connectivity index (χ2n) is 4.63. The number of hydrogen-bond acceptors (Lipinski definition) is 2. The highest BCUT2D eigenvalue weighted by atomic mass is 16.4. The summed E-state index contributed by atoms with van der Waals surface area (Å²) in [6, 6.07) is 0. The quantitative estimate of drug-likeness (QED) is 0.693. The molecule has 1 fully saturated rings. The number of amides is 1. The molecule has 1 unspecified atom stereocenters. The second kappa shape index (κ2) is 3.59. The first-order valence-corrected chi connectivity index (χ1v) is 4.87. The van der Waals surface area contributed by atoms with Gasteiger partial charge >= 0.3 is 5.97 Å². The van der Waals surface area contributed by atoms with Crippen molar-refractivity contribution >= 4 is 11.9 Å². The Labute approximate surface area is 83.5 Å². The van der Waals surface area contributed by atoms with Gasteiger partial charge in [0.05, 0.1) is 6.42 Å². The van der Waals surface area contributed by atoms with Crippen molar-refractivity contribution < 1.29 is 14.7 Å². The third-order valence-corrected chi connectivity index (χ3v) is 3.09. The van der Waals surface area contributed by atoms with Crippen LogP contribution in [0.25, 0.3) is 0 Å². The Kier molecular flexibility index (Phi) is 2.83. The Morgan fingerprint density at radius 1 is 1.50 bits per heavy atom. The summed E-state index contributed by atoms with van der Waals surface area (Å²) in [5, 5.41) is 8.75. The topological polar surface area (TPSA) is 80.4 Å². The van der Waals surface area contributed by atoms with Crippen LogP contribution in [0.5, 0.6) is 0 Å². The zero-order valence-corrected chi connectivity index (χ0v) is 8.62. The van der Waals surface area contributed by atoms with Crippen molar-refractivity contribution in [1.29, 1.82) is 0 Å². The number of primary amides is 1. The van der Waals surface area contributed by atoms with E-state index in [0.717, 1.165) is 6.42 Å². The van der Waals surface area contributed by atoms with Crippen LogP contribution in [0.2, 0.25) is 0 Å². The summed E-state index contributed by atoms with van der Waals surface area (Å²) in [6.45, 7) is 4.10. The number of rotatable bonds is 5. The number of carboxylic acid groups (broad SMARTS) is 1. The van der Waals surface area contributed by atoms with Crippen LogP contribution in [-0.4, -0.2) is 17.0 Å². The van der Waals surface area contributed by atoms with Crippen molar-refractivity contribution in [1.82, 2.24) is 0 Å². The summed E-state index contributed by atoms with van der Waals surface area (Å²) in [6.07, 6.45) is 1.10. The molecule has 4 heteroatoms. The molecule has 0 heterocycles. The maximum absolute atomic E-state index is 10.8. The van der Waals surface area contributed by atoms with Gasteiger partial charge in [0.25, 0.3) is 0 Å². The standard InChI is InChI=1S/C10H17NO3/c1-6(2)7-3-10(7,4-8(11)12)5-9(13)14/h6-7H,3-5H2,1-2H3,(H2,11,12)(H,13,14)/t7-,10?/m0/s1. The largest absolute Gasteiger partial charge is 0.481 e. The fraction of sp³-hybridized carbons (Fsp3) is 0.800. The lowest BCUT2D eigenvalue weighted by Gasteiger charge is -2.14. The predicted octanol–water partition coefficient (Wildman–Crippen LogP) is 0.999. The predicted molar refractivity (Wildman–Crippen MR) is 51.4 cm³/mol. The van der Waals surface area contributed by atoms with Crippen LogP contribution in [0.1, 0.15) is 33.1 Å². The van der Waals surface area contributed by atoms with Crippen LogP contribution in [0.3, 0.4) is 0 Å². The van der Waals surface area contributed by atoms with Crippen molar-refractivity contribution in [3.05, 3.63) is 0 Å². The minimum Gasteiger partial charge on any atom is -0.481 e. The number of carboxylic acids is 1. The van der Waals surface area contributed by atoms with Gasteiger partial charge in [0, 0.05) is 6.42 Å². The minimum atomic E-state index is -0.839. The van der Waals surface area contributed by atoms with Crippen molar-refractivity contribution in [2.75, 3.05) is 0 Å². The van der Waals surface area contributed by atoms with E-state index in [2.05, 4.69) is 13.8 Å². The van der Waals surface area contributed by atoms with Gasteiger partial charge in [0.2, 0.25) is 5.91 Å². The first-order valence-electron chi connectivity index (χ1n) is 4.87. The molecular weight excluding hydrogens is 182 g/mol. The number of hydrogen-bond donors (Lipinski definition) is 2. The molecule has 1 aliphatic rings. The first-order chi connectivity index (χ1) is 6.37. The highest BCUT2D eigenvalue weighted by molar-refractivity contribution is 5.77. The van der Waals surface area contributed by atoms with E-state index in [9.17, 15) is 9.59 Å². The Morgan fingerprint density at radius 3 is 2.36 bits per heavy atom. The Morgan fingerprint density at radius 2 is 2.07 bits per heavy atom. The third kappa shape index (κ3) is 2.25. The Bertz CT molecular complexity index is 244. The fourth-order valence-electron chi connectivity index (χ4n) is 2.44. The van der Waals surface area contributed by atoms with Crippen molar-refractivity contribution in [2.45, 2.75) is 33.1 Å². The summed E-state index contributed by atoms with van der Waals surface area (Å²) < 4.78 is 0. The molecule has 0 saturated heterocycles. The van der Waals surface area contributed by atoms with E-state index >= 15 is 0 Å². The molecule has 0 aromatic rings. The third-order valence-electron chi connectivity index (χ3n) is 3.09. The molecule has 2 atom stereocenters. The normalized spacial score (nSPS) is 30.4. The number of aliphatic carboxylic acids is 1. The van der Waals surface area contributed by atoms with Gasteiger partial charge in [-0.2, -0.15) is 0 Å². The van der Waals surface area contributed by atoms with Crippen LogP contribution >= 0.6 is 0 Å². The zero-order valence-electron chi connectivity index (χ0n) is 8.62. The number of carbonyl (C=O) groups excluding carboxylic acids is 1. The van der Waals surface area contributed by atoms with E-state index in [-0.39, 0.29) is 18.3 Å². The molecule has 0 aliphatic heterocycles. The molecule has 1 amide bonds. The van der Waals surface area contributed by atoms with Gasteiger partial charge in [-0.15, -0.1) is 0 Å². The molecule has 0 radical (unpaired) electrons. The van der Waals surface area contributed by atoms with Gasteiger partial charge in [-0.1, -0.05) is 13.8 Å². The van der Waals surface area contributed by atoms with Gasteiger partial charge in [-0.3, -0.25) is 9.59 Å². The van der Waals surface area contributed by atoms with Crippen LogP contribution in [0, 0.1) is 17.3 Å². The molecular formula is C10H17NO3. The maximum Gasteiger partial charge on any atom is 0.303 e. The molecule has 0 bridgehead atoms. The lowest BCUT2D eigenvalue weighted by Crippen LogP contribution is -2.22. The van der Waals surface area contributed by atoms with Gasteiger partial charge in [0.1, 0.15) is 0 Å². The van der Waals surface area contributed by atoms with E-state index in [1.807, 2.05) is 0 Å². The smallest absolute Gasteiger partial charge is 0.303 e. The number of carbonyl (C=O) groups is 2. The average Bonchev–Trinajstić information content (AvgIpc) is 2.59. The average molecular weight is 199 g/mol. The van der Waals surface area contributed by atoms with E-state index in [0.29, 0.717) is 11.8 Å². The molecule has 3 N–H and O–H groups in total. The van der Waals surface area contributed by atoms with Crippen LogP contribution in [0.4, 0.5) is 0 Å². The van der Waals surface area contributed by atoms with Gasteiger partial charge in [-0.25, -0.2) is 0 Å². The zero-order chi connectivity index (χ0) is 10.9. The molecule has 0 aromatic carbocycles. The van der Waals surface area contributed by atoms with Crippen LogP contribution in [0.15, 0.2) is 0 Å². The molecule has 1 aliphatic carbocycles. The lowest BCUT2D eigenvalue weighted by atomic mass is 9.90. The highest BCUT2D eigenvalue weighted by Crippen LogP contribution is 2.61. The molecule has 1 saturated carbocycles. The van der Waals surface area contributed by atoms with Crippen molar-refractivity contribution in [2.24, 2.45) is 23.0 Å². The van der Waals surface area contributed by atoms with E-state index in [1.54, 1.807) is 0 Å². The van der Waals surface area contributed by atoms with E-state index in [1.165, 1.54) is 0 Å². The van der Waals surface area contributed by atoms with Gasteiger partial charge < -0.3 is 10.8 Å². The Balaban J connectivity index is 2.65. The lowest BCUT2D eigenvalue weighted by molar-refractivity contribution is -0.138. The molecule has 80 valence electrons. The maximum atomic E-state index is 10.8. The first kappa shape index (κ1) is 11.0. The summed E-state index contributed by atoms with van der Waals surface area (Å²) in [5.41, 5.74) is 4.78. The highest BCUT2D eigenvalue weighted by Gasteiger charge is 2.56. The molecule has 0 aromatic heterocycles. The number of nitrogens with two attached hydrogens (primary N) is 1. The molecule has 14 heavy (non-hydrogen) atoms. The molecule has 0 spiro atoms. The fourth-order valence-corrected chi connectivity index (χ4v) is 2.44. The summed E-state index contributed by atoms with van der Waals surface area (Å²) in [4.78, 5) is 21.5. The molecule has 4 nitrogen and oxygen atoms in total. The summed E-state index contributed by atoms with van der Waals surface area (Å²) in [5.74, 6) is -0.469. The second-order valence-corrected chi connectivity index (χ2v) is 4.63. The molecule has 1 rings (SSSR count). The Hall–Kier alpha value is -1.06. The summed E-state index contributed by atoms with van der Waals surface area (Å²) in [7, 11) is 0. The monoisotopic (exact) mass is 199 g/mol.